The van der Waals surface area contributed by atoms with E-state index in [0.29, 0.717) is 12.0 Å². The fourth-order valence-electron chi connectivity index (χ4n) is 3.44. The van der Waals surface area contributed by atoms with E-state index in [0.717, 1.165) is 5.92 Å². The van der Waals surface area contributed by atoms with Crippen LogP contribution in [-0.4, -0.2) is 18.1 Å². The molecule has 0 saturated heterocycles. The van der Waals surface area contributed by atoms with Gasteiger partial charge in [-0.2, -0.15) is 0 Å². The second kappa shape index (κ2) is 6.89. The summed E-state index contributed by atoms with van der Waals surface area (Å²) in [4.78, 5) is 4.12. The predicted molar refractivity (Wildman–Crippen MR) is 76.7 cm³/mol. The summed E-state index contributed by atoms with van der Waals surface area (Å²) < 4.78 is 0. The molecule has 1 aromatic rings. The van der Waals surface area contributed by atoms with Gasteiger partial charge in [-0.25, -0.2) is 0 Å². The molecular weight excluding hydrogens is 220 g/mol. The van der Waals surface area contributed by atoms with Gasteiger partial charge in [0.1, 0.15) is 0 Å². The molecule has 2 atom stereocenters. The average Bonchev–Trinajstić information content (AvgIpc) is 2.70. The zero-order valence-corrected chi connectivity index (χ0v) is 11.7. The zero-order valence-electron chi connectivity index (χ0n) is 11.7. The second-order valence-corrected chi connectivity index (χ2v) is 5.64. The predicted octanol–water partition coefficient (Wildman–Crippen LogP) is 3.74. The van der Waals surface area contributed by atoms with Crippen LogP contribution >= 0.6 is 0 Å². The van der Waals surface area contributed by atoms with Crippen LogP contribution in [0.25, 0.3) is 0 Å². The lowest BCUT2D eigenvalue weighted by Crippen LogP contribution is -2.38. The largest absolute Gasteiger partial charge is 0.316 e. The molecule has 0 radical (unpaired) electrons. The summed E-state index contributed by atoms with van der Waals surface area (Å²) >= 11 is 0. The molecule has 1 aromatic heterocycles. The standard InChI is InChI=1S/C16H26N2/c1-13(14-9-11-18-12-10-14)16(17-2)15-7-5-3-4-6-8-15/h9-13,15-17H,3-8H2,1-2H3. The third-order valence-corrected chi connectivity index (χ3v) is 4.51. The van der Waals surface area contributed by atoms with E-state index in [1.807, 2.05) is 12.4 Å². The van der Waals surface area contributed by atoms with Crippen molar-refractivity contribution in [3.05, 3.63) is 30.1 Å². The number of pyridine rings is 1. The lowest BCUT2D eigenvalue weighted by molar-refractivity contribution is 0.301. The smallest absolute Gasteiger partial charge is 0.0270 e. The van der Waals surface area contributed by atoms with Crippen LogP contribution in [-0.2, 0) is 0 Å². The van der Waals surface area contributed by atoms with Crippen LogP contribution in [0.1, 0.15) is 56.9 Å². The van der Waals surface area contributed by atoms with Crippen molar-refractivity contribution in [2.75, 3.05) is 7.05 Å². The molecule has 0 aliphatic heterocycles. The van der Waals surface area contributed by atoms with E-state index < -0.39 is 0 Å². The van der Waals surface area contributed by atoms with Crippen molar-refractivity contribution >= 4 is 0 Å². The Morgan fingerprint density at radius 2 is 1.72 bits per heavy atom. The van der Waals surface area contributed by atoms with Gasteiger partial charge in [0.2, 0.25) is 0 Å². The van der Waals surface area contributed by atoms with Gasteiger partial charge in [-0.3, -0.25) is 4.98 Å². The Labute approximate surface area is 111 Å². The van der Waals surface area contributed by atoms with Gasteiger partial charge < -0.3 is 5.32 Å². The Kier molecular flexibility index (Phi) is 5.18. The van der Waals surface area contributed by atoms with Crippen LogP contribution in [0.5, 0.6) is 0 Å². The molecule has 2 unspecified atom stereocenters. The van der Waals surface area contributed by atoms with Crippen molar-refractivity contribution in [3.8, 4) is 0 Å². The molecular formula is C16H26N2. The van der Waals surface area contributed by atoms with E-state index in [1.54, 1.807) is 0 Å². The summed E-state index contributed by atoms with van der Waals surface area (Å²) in [5.41, 5.74) is 1.41. The summed E-state index contributed by atoms with van der Waals surface area (Å²) in [5, 5.41) is 3.58. The summed E-state index contributed by atoms with van der Waals surface area (Å²) in [7, 11) is 2.12. The number of nitrogens with zero attached hydrogens (tertiary/aromatic N) is 1. The number of nitrogens with one attached hydrogen (secondary N) is 1. The second-order valence-electron chi connectivity index (χ2n) is 5.64. The summed E-state index contributed by atoms with van der Waals surface area (Å²) in [6.45, 7) is 2.35. The minimum absolute atomic E-state index is 0.570. The first-order valence-corrected chi connectivity index (χ1v) is 7.40. The molecule has 1 heterocycles. The van der Waals surface area contributed by atoms with Crippen molar-refractivity contribution in [1.29, 1.82) is 0 Å². The van der Waals surface area contributed by atoms with E-state index in [4.69, 9.17) is 0 Å². The topological polar surface area (TPSA) is 24.9 Å². The first kappa shape index (κ1) is 13.5. The quantitative estimate of drug-likeness (QED) is 0.819. The maximum atomic E-state index is 4.12. The Morgan fingerprint density at radius 1 is 1.11 bits per heavy atom. The molecule has 2 heteroatoms. The van der Waals surface area contributed by atoms with Gasteiger partial charge >= 0.3 is 0 Å². The molecule has 0 amide bonds. The van der Waals surface area contributed by atoms with Gasteiger partial charge in [0, 0.05) is 18.4 Å². The molecule has 2 nitrogen and oxygen atoms in total. The van der Waals surface area contributed by atoms with E-state index in [1.165, 1.54) is 44.1 Å². The summed E-state index contributed by atoms with van der Waals surface area (Å²) in [6.07, 6.45) is 12.3. The number of aromatic nitrogens is 1. The normalized spacial score (nSPS) is 21.2. The van der Waals surface area contributed by atoms with Gasteiger partial charge in [0.25, 0.3) is 0 Å². The summed E-state index contributed by atoms with van der Waals surface area (Å²) in [6, 6.07) is 4.92. The molecule has 1 aliphatic rings. The van der Waals surface area contributed by atoms with Crippen molar-refractivity contribution < 1.29 is 0 Å². The van der Waals surface area contributed by atoms with Crippen molar-refractivity contribution in [2.45, 2.75) is 57.4 Å². The van der Waals surface area contributed by atoms with Crippen LogP contribution in [0.3, 0.4) is 0 Å². The lowest BCUT2D eigenvalue weighted by atomic mass is 9.81. The first-order valence-electron chi connectivity index (χ1n) is 7.40. The van der Waals surface area contributed by atoms with Crippen LogP contribution in [0.4, 0.5) is 0 Å². The number of rotatable bonds is 4. The van der Waals surface area contributed by atoms with Gasteiger partial charge in [-0.15, -0.1) is 0 Å². The number of hydrogen-bond acceptors (Lipinski definition) is 2. The minimum Gasteiger partial charge on any atom is -0.316 e. The van der Waals surface area contributed by atoms with E-state index >= 15 is 0 Å². The summed E-state index contributed by atoms with van der Waals surface area (Å²) in [5.74, 6) is 1.40. The number of likely N-dealkylation sites (N-methyl/N-ethyl adjacent to an activating group) is 1. The van der Waals surface area contributed by atoms with E-state index in [-0.39, 0.29) is 0 Å². The molecule has 1 N–H and O–H groups in total. The first-order chi connectivity index (χ1) is 8.83. The van der Waals surface area contributed by atoms with Crippen molar-refractivity contribution in [1.82, 2.24) is 10.3 Å². The van der Waals surface area contributed by atoms with E-state index in [2.05, 4.69) is 36.4 Å². The van der Waals surface area contributed by atoms with Gasteiger partial charge in [-0.05, 0) is 49.4 Å². The van der Waals surface area contributed by atoms with E-state index in [9.17, 15) is 0 Å². The lowest BCUT2D eigenvalue weighted by Gasteiger charge is -2.31. The molecule has 2 rings (SSSR count). The molecule has 18 heavy (non-hydrogen) atoms. The zero-order chi connectivity index (χ0) is 12.8. The highest BCUT2D eigenvalue weighted by atomic mass is 14.9. The van der Waals surface area contributed by atoms with Crippen molar-refractivity contribution in [2.24, 2.45) is 5.92 Å². The Balaban J connectivity index is 2.07. The molecule has 0 bridgehead atoms. The fourth-order valence-corrected chi connectivity index (χ4v) is 3.44. The molecule has 100 valence electrons. The van der Waals surface area contributed by atoms with Gasteiger partial charge in [0.05, 0.1) is 0 Å². The molecule has 0 spiro atoms. The highest BCUT2D eigenvalue weighted by Gasteiger charge is 2.26. The van der Waals surface area contributed by atoms with Crippen LogP contribution in [0.2, 0.25) is 0 Å². The molecule has 0 aromatic carbocycles. The average molecular weight is 246 g/mol. The third-order valence-electron chi connectivity index (χ3n) is 4.51. The molecule has 1 fully saturated rings. The van der Waals surface area contributed by atoms with Gasteiger partial charge in [-0.1, -0.05) is 32.6 Å². The monoisotopic (exact) mass is 246 g/mol. The fraction of sp³-hybridized carbons (Fsp3) is 0.688. The Hall–Kier alpha value is -0.890. The third kappa shape index (κ3) is 3.32. The van der Waals surface area contributed by atoms with Crippen molar-refractivity contribution in [3.63, 3.8) is 0 Å². The maximum Gasteiger partial charge on any atom is 0.0270 e. The highest BCUT2D eigenvalue weighted by Crippen LogP contribution is 2.32. The SMILES string of the molecule is CNC(C1CCCCCC1)C(C)c1ccncc1. The molecule has 1 saturated carbocycles. The van der Waals surface area contributed by atoms with Crippen LogP contribution < -0.4 is 5.32 Å². The Bertz CT molecular complexity index is 328. The Morgan fingerprint density at radius 3 is 2.28 bits per heavy atom. The van der Waals surface area contributed by atoms with Crippen LogP contribution in [0, 0.1) is 5.92 Å². The number of hydrogen-bond donors (Lipinski definition) is 1. The molecule has 1 aliphatic carbocycles. The van der Waals surface area contributed by atoms with Gasteiger partial charge in [0.15, 0.2) is 0 Å². The highest BCUT2D eigenvalue weighted by molar-refractivity contribution is 5.17. The maximum absolute atomic E-state index is 4.12. The van der Waals surface area contributed by atoms with Crippen LogP contribution in [0.15, 0.2) is 24.5 Å². The minimum atomic E-state index is 0.570.